The number of carbonyl (C=O) groups excluding carboxylic acids is 2. The molecule has 0 N–H and O–H groups in total. The van der Waals surface area contributed by atoms with Crippen molar-refractivity contribution < 1.29 is 14.0 Å². The third-order valence-corrected chi connectivity index (χ3v) is 4.46. The lowest BCUT2D eigenvalue weighted by atomic mass is 9.91. The number of amides is 2. The van der Waals surface area contributed by atoms with Gasteiger partial charge in [0, 0.05) is 37.2 Å². The second-order valence-electron chi connectivity index (χ2n) is 6.58. The highest BCUT2D eigenvalue weighted by Crippen LogP contribution is 2.35. The molecule has 2 atom stereocenters. The summed E-state index contributed by atoms with van der Waals surface area (Å²) < 4.78 is 14.4. The smallest absolute Gasteiger partial charge is 0.253 e. The van der Waals surface area contributed by atoms with Gasteiger partial charge in [-0.05, 0) is 43.0 Å². The molecule has 1 aromatic rings. The summed E-state index contributed by atoms with van der Waals surface area (Å²) in [5.41, 5.74) is 2.07. The van der Waals surface area contributed by atoms with Gasteiger partial charge >= 0.3 is 0 Å². The average Bonchev–Trinajstić information content (AvgIpc) is 2.54. The molecule has 0 saturated heterocycles. The van der Waals surface area contributed by atoms with Gasteiger partial charge in [-0.2, -0.15) is 0 Å². The quantitative estimate of drug-likeness (QED) is 0.769. The minimum Gasteiger partial charge on any atom is -0.339 e. The zero-order chi connectivity index (χ0) is 17.9. The van der Waals surface area contributed by atoms with Gasteiger partial charge in [0.1, 0.15) is 0 Å². The van der Waals surface area contributed by atoms with E-state index in [1.54, 1.807) is 19.1 Å². The molecule has 0 unspecified atom stereocenters. The first-order chi connectivity index (χ1) is 11.4. The fraction of sp³-hybridized carbons (Fsp3) is 0.579. The van der Waals surface area contributed by atoms with Crippen molar-refractivity contribution in [1.29, 1.82) is 0 Å². The van der Waals surface area contributed by atoms with Crippen molar-refractivity contribution in [2.75, 3.05) is 18.0 Å². The Kier molecular flexibility index (Phi) is 5.97. The van der Waals surface area contributed by atoms with Crippen molar-refractivity contribution in [3.05, 3.63) is 29.3 Å². The molecule has 0 fully saturated rings. The molecule has 132 valence electrons. The largest absolute Gasteiger partial charge is 0.339 e. The molecule has 0 aliphatic carbocycles. The molecular weight excluding hydrogens is 307 g/mol. The van der Waals surface area contributed by atoms with Gasteiger partial charge in [-0.3, -0.25) is 14.5 Å². The van der Waals surface area contributed by atoms with Crippen molar-refractivity contribution in [2.45, 2.75) is 53.3 Å². The number of nitrogens with zero attached hydrogens (tertiary/aromatic N) is 2. The number of halogens is 1. The van der Waals surface area contributed by atoms with Crippen LogP contribution in [0.1, 0.15) is 56.5 Å². The summed E-state index contributed by atoms with van der Waals surface area (Å²) in [5, 5.41) is 0. The Morgan fingerprint density at radius 1 is 1.25 bits per heavy atom. The minimum absolute atomic E-state index is 0.00546. The average molecular weight is 334 g/mol. The highest BCUT2D eigenvalue weighted by atomic mass is 19.1. The van der Waals surface area contributed by atoms with Gasteiger partial charge in [0.25, 0.3) is 5.91 Å². The van der Waals surface area contributed by atoms with Crippen molar-refractivity contribution in [3.63, 3.8) is 0 Å². The molecular formula is C19H27FN2O2. The molecule has 2 rings (SSSR count). The third kappa shape index (κ3) is 3.60. The van der Waals surface area contributed by atoms with Gasteiger partial charge in [-0.15, -0.1) is 0 Å². The van der Waals surface area contributed by atoms with Crippen LogP contribution in [0, 0.1) is 5.92 Å². The minimum atomic E-state index is -1.31. The van der Waals surface area contributed by atoms with E-state index in [-0.39, 0.29) is 17.7 Å². The highest BCUT2D eigenvalue weighted by Gasteiger charge is 2.34. The molecule has 0 spiro atoms. The Hall–Kier alpha value is -1.91. The van der Waals surface area contributed by atoms with Crippen LogP contribution in [0.15, 0.2) is 18.2 Å². The number of rotatable bonds is 5. The predicted molar refractivity (Wildman–Crippen MR) is 93.9 cm³/mol. The van der Waals surface area contributed by atoms with E-state index in [1.807, 2.05) is 11.0 Å². The van der Waals surface area contributed by atoms with Crippen molar-refractivity contribution in [1.82, 2.24) is 4.90 Å². The zero-order valence-corrected chi connectivity index (χ0v) is 15.0. The lowest BCUT2D eigenvalue weighted by Crippen LogP contribution is -2.44. The van der Waals surface area contributed by atoms with E-state index in [1.165, 1.54) is 11.8 Å². The molecule has 1 aliphatic rings. The van der Waals surface area contributed by atoms with Crippen LogP contribution in [0.4, 0.5) is 10.1 Å². The summed E-state index contributed by atoms with van der Waals surface area (Å²) in [6, 6.07) is 5.24. The monoisotopic (exact) mass is 334 g/mol. The molecule has 5 heteroatoms. The van der Waals surface area contributed by atoms with Crippen LogP contribution in [0.2, 0.25) is 0 Å². The Labute approximate surface area is 143 Å². The van der Waals surface area contributed by atoms with E-state index in [0.717, 1.165) is 31.5 Å². The molecule has 1 aliphatic heterocycles. The van der Waals surface area contributed by atoms with Crippen LogP contribution in [-0.4, -0.2) is 36.1 Å². The molecule has 0 radical (unpaired) electrons. The fourth-order valence-electron chi connectivity index (χ4n) is 3.33. The van der Waals surface area contributed by atoms with Crippen LogP contribution >= 0.6 is 0 Å². The van der Waals surface area contributed by atoms with Crippen LogP contribution < -0.4 is 4.90 Å². The maximum absolute atomic E-state index is 14.4. The van der Waals surface area contributed by atoms with E-state index in [0.29, 0.717) is 17.7 Å². The zero-order valence-electron chi connectivity index (χ0n) is 15.0. The number of fused-ring (bicyclic) bond motifs is 1. The first-order valence-corrected chi connectivity index (χ1v) is 8.76. The maximum atomic E-state index is 14.4. The van der Waals surface area contributed by atoms with Gasteiger partial charge in [0.2, 0.25) is 5.91 Å². The highest BCUT2D eigenvalue weighted by molar-refractivity contribution is 5.97. The topological polar surface area (TPSA) is 40.6 Å². The number of carbonyl (C=O) groups is 2. The molecule has 4 nitrogen and oxygen atoms in total. The molecule has 0 aromatic heterocycles. The van der Waals surface area contributed by atoms with Crippen LogP contribution in [0.25, 0.3) is 0 Å². The summed E-state index contributed by atoms with van der Waals surface area (Å²) in [6.45, 7) is 8.72. The lowest BCUT2D eigenvalue weighted by Gasteiger charge is -2.36. The van der Waals surface area contributed by atoms with Gasteiger partial charge in [0.15, 0.2) is 6.30 Å². The number of alkyl halides is 1. The van der Waals surface area contributed by atoms with Crippen LogP contribution in [-0.2, 0) is 11.2 Å². The second-order valence-corrected chi connectivity index (χ2v) is 6.58. The van der Waals surface area contributed by atoms with Crippen LogP contribution in [0.5, 0.6) is 0 Å². The molecule has 1 heterocycles. The van der Waals surface area contributed by atoms with Crippen molar-refractivity contribution in [3.8, 4) is 0 Å². The second kappa shape index (κ2) is 7.77. The maximum Gasteiger partial charge on any atom is 0.253 e. The van der Waals surface area contributed by atoms with E-state index >= 15 is 0 Å². The first-order valence-electron chi connectivity index (χ1n) is 8.76. The van der Waals surface area contributed by atoms with Gasteiger partial charge in [-0.25, -0.2) is 4.39 Å². The lowest BCUT2D eigenvalue weighted by molar-refractivity contribution is -0.118. The first kappa shape index (κ1) is 18.4. The molecule has 2 amide bonds. The summed E-state index contributed by atoms with van der Waals surface area (Å²) in [5.74, 6) is -0.590. The van der Waals surface area contributed by atoms with E-state index < -0.39 is 6.30 Å². The summed E-state index contributed by atoms with van der Waals surface area (Å²) in [4.78, 5) is 27.6. The molecule has 0 saturated carbocycles. The summed E-state index contributed by atoms with van der Waals surface area (Å²) >= 11 is 0. The van der Waals surface area contributed by atoms with Gasteiger partial charge in [0.05, 0.1) is 0 Å². The Balaban J connectivity index is 2.35. The van der Waals surface area contributed by atoms with Gasteiger partial charge in [-0.1, -0.05) is 20.8 Å². The normalized spacial score (nSPS) is 19.8. The van der Waals surface area contributed by atoms with E-state index in [9.17, 15) is 14.0 Å². The standard InChI is InChI=1S/C19H27FN2O2/c1-5-9-21(10-6-2)19(24)15-7-8-17-16(12-15)11-13(3)18(20)22(17)14(4)23/h7-8,12-13,18H,5-6,9-11H2,1-4H3/t13-,18-/m1/s1. The fourth-order valence-corrected chi connectivity index (χ4v) is 3.33. The van der Waals surface area contributed by atoms with E-state index in [2.05, 4.69) is 13.8 Å². The number of benzene rings is 1. The Morgan fingerprint density at radius 3 is 2.42 bits per heavy atom. The number of hydrogen-bond donors (Lipinski definition) is 0. The Morgan fingerprint density at radius 2 is 1.88 bits per heavy atom. The molecule has 24 heavy (non-hydrogen) atoms. The summed E-state index contributed by atoms with van der Waals surface area (Å²) in [6.07, 6.45) is 1.04. The predicted octanol–water partition coefficient (Wildman–Crippen LogP) is 3.79. The number of hydrogen-bond acceptors (Lipinski definition) is 2. The van der Waals surface area contributed by atoms with Crippen molar-refractivity contribution >= 4 is 17.5 Å². The number of anilines is 1. The van der Waals surface area contributed by atoms with E-state index in [4.69, 9.17) is 0 Å². The molecule has 1 aromatic carbocycles. The SMILES string of the molecule is CCCN(CCC)C(=O)c1ccc2c(c1)C[C@@H](C)[C@H](F)N2C(C)=O. The Bertz CT molecular complexity index is 611. The van der Waals surface area contributed by atoms with Crippen molar-refractivity contribution in [2.24, 2.45) is 5.92 Å². The van der Waals surface area contributed by atoms with Crippen LogP contribution in [0.3, 0.4) is 0 Å². The third-order valence-electron chi connectivity index (χ3n) is 4.46. The van der Waals surface area contributed by atoms with Gasteiger partial charge < -0.3 is 4.90 Å². The summed E-state index contributed by atoms with van der Waals surface area (Å²) in [7, 11) is 0. The molecule has 0 bridgehead atoms.